The quantitative estimate of drug-likeness (QED) is 0.574. The van der Waals surface area contributed by atoms with Gasteiger partial charge in [-0.25, -0.2) is 0 Å². The Kier molecular flexibility index (Phi) is 6.35. The summed E-state index contributed by atoms with van der Waals surface area (Å²) in [5.41, 5.74) is 4.74. The van der Waals surface area contributed by atoms with Crippen LogP contribution >= 0.6 is 0 Å². The van der Waals surface area contributed by atoms with Crippen molar-refractivity contribution in [3.05, 3.63) is 29.8 Å². The molecule has 0 aliphatic rings. The van der Waals surface area contributed by atoms with Crippen LogP contribution in [-0.4, -0.2) is 26.2 Å². The molecule has 1 aromatic carbocycles. The Bertz CT molecular complexity index is 382. The van der Waals surface area contributed by atoms with Crippen LogP contribution in [0.15, 0.2) is 24.3 Å². The van der Waals surface area contributed by atoms with Crippen molar-refractivity contribution in [3.63, 3.8) is 0 Å². The summed E-state index contributed by atoms with van der Waals surface area (Å²) in [6.45, 7) is 4.51. The van der Waals surface area contributed by atoms with E-state index >= 15 is 0 Å². The predicted octanol–water partition coefficient (Wildman–Crippen LogP) is 1.87. The molecule has 5 nitrogen and oxygen atoms in total. The van der Waals surface area contributed by atoms with Crippen molar-refractivity contribution in [1.29, 1.82) is 0 Å². The van der Waals surface area contributed by atoms with Crippen LogP contribution in [0.3, 0.4) is 0 Å². The van der Waals surface area contributed by atoms with Crippen molar-refractivity contribution in [3.8, 4) is 0 Å². The third-order valence-corrected chi connectivity index (χ3v) is 2.36. The first kappa shape index (κ1) is 14.6. The van der Waals surface area contributed by atoms with Crippen LogP contribution in [0.5, 0.6) is 0 Å². The summed E-state index contributed by atoms with van der Waals surface area (Å²) in [6, 6.07) is 7.68. The van der Waals surface area contributed by atoms with E-state index in [1.807, 2.05) is 31.2 Å². The van der Waals surface area contributed by atoms with E-state index in [9.17, 15) is 4.79 Å². The number of hydroxylamine groups is 1. The number of carbonyl (C=O) groups excluding carboxylic acids is 1. The molecular formula is C13H20N2O3. The first-order chi connectivity index (χ1) is 8.63. The molecule has 5 heteroatoms. The fourth-order valence-corrected chi connectivity index (χ4v) is 1.47. The molecule has 1 atom stereocenters. The minimum absolute atomic E-state index is 0.0376. The van der Waals surface area contributed by atoms with Gasteiger partial charge < -0.3 is 10.1 Å². The summed E-state index contributed by atoms with van der Waals surface area (Å²) < 4.78 is 4.88. The molecule has 2 N–H and O–H groups in total. The van der Waals surface area contributed by atoms with E-state index in [0.717, 1.165) is 11.3 Å². The summed E-state index contributed by atoms with van der Waals surface area (Å²) in [4.78, 5) is 16.2. The Labute approximate surface area is 107 Å². The largest absolute Gasteiger partial charge is 0.382 e. The molecule has 0 fully saturated rings. The third kappa shape index (κ3) is 5.27. The second-order valence-corrected chi connectivity index (χ2v) is 3.99. The first-order valence-corrected chi connectivity index (χ1v) is 5.87. The molecule has 1 amide bonds. The number of hydrogen-bond acceptors (Lipinski definition) is 4. The van der Waals surface area contributed by atoms with E-state index in [1.54, 1.807) is 7.11 Å². The van der Waals surface area contributed by atoms with Gasteiger partial charge in [-0.15, -0.1) is 0 Å². The highest BCUT2D eigenvalue weighted by Gasteiger charge is 2.06. The summed E-state index contributed by atoms with van der Waals surface area (Å²) in [6.07, 6.45) is 0. The lowest BCUT2D eigenvalue weighted by Crippen LogP contribution is -2.21. The number of carbonyl (C=O) groups is 1. The molecule has 0 saturated heterocycles. The van der Waals surface area contributed by atoms with Crippen molar-refractivity contribution < 1.29 is 14.4 Å². The Hall–Kier alpha value is -1.43. The molecule has 18 heavy (non-hydrogen) atoms. The summed E-state index contributed by atoms with van der Waals surface area (Å²) in [7, 11) is 1.63. The molecule has 1 rings (SSSR count). The first-order valence-electron chi connectivity index (χ1n) is 5.87. The fraction of sp³-hybridized carbons (Fsp3) is 0.462. The molecule has 0 saturated carbocycles. The van der Waals surface area contributed by atoms with Gasteiger partial charge in [0.25, 0.3) is 0 Å². The lowest BCUT2D eigenvalue weighted by atomic mass is 10.1. The molecule has 100 valence electrons. The Morgan fingerprint density at radius 2 is 2.17 bits per heavy atom. The molecule has 0 radical (unpaired) electrons. The van der Waals surface area contributed by atoms with Crippen molar-refractivity contribution in [2.45, 2.75) is 19.9 Å². The van der Waals surface area contributed by atoms with Crippen LogP contribution in [0, 0.1) is 0 Å². The fourth-order valence-electron chi connectivity index (χ4n) is 1.47. The van der Waals surface area contributed by atoms with Crippen LogP contribution in [0.2, 0.25) is 0 Å². The summed E-state index contributed by atoms with van der Waals surface area (Å²) in [5.74, 6) is -0.0795. The van der Waals surface area contributed by atoms with Gasteiger partial charge in [0.2, 0.25) is 5.91 Å². The maximum absolute atomic E-state index is 11.0. The van der Waals surface area contributed by atoms with Gasteiger partial charge in [-0.2, -0.15) is 5.48 Å². The van der Waals surface area contributed by atoms with E-state index < -0.39 is 0 Å². The lowest BCUT2D eigenvalue weighted by molar-refractivity contribution is -0.114. The van der Waals surface area contributed by atoms with Crippen molar-refractivity contribution in [1.82, 2.24) is 5.48 Å². The van der Waals surface area contributed by atoms with E-state index in [-0.39, 0.29) is 11.9 Å². The predicted molar refractivity (Wildman–Crippen MR) is 70.1 cm³/mol. The number of ether oxygens (including phenoxy) is 1. The standard InChI is InChI=1S/C13H20N2O3/c1-10(15-18-8-7-17-3)12-5-4-6-13(9-12)14-11(2)16/h4-6,9-10,15H,7-8H2,1-3H3,(H,14,16). The highest BCUT2D eigenvalue weighted by Crippen LogP contribution is 2.17. The van der Waals surface area contributed by atoms with Crippen molar-refractivity contribution in [2.24, 2.45) is 0 Å². The van der Waals surface area contributed by atoms with E-state index in [0.29, 0.717) is 13.2 Å². The molecule has 0 bridgehead atoms. The number of benzene rings is 1. The number of nitrogens with one attached hydrogen (secondary N) is 2. The normalized spacial score (nSPS) is 12.2. The molecular weight excluding hydrogens is 232 g/mol. The zero-order valence-corrected chi connectivity index (χ0v) is 11.0. The number of amides is 1. The highest BCUT2D eigenvalue weighted by atomic mass is 16.7. The van der Waals surface area contributed by atoms with Crippen molar-refractivity contribution in [2.75, 3.05) is 25.6 Å². The van der Waals surface area contributed by atoms with Gasteiger partial charge >= 0.3 is 0 Å². The van der Waals surface area contributed by atoms with Crippen LogP contribution in [0.25, 0.3) is 0 Å². The van der Waals surface area contributed by atoms with Gasteiger partial charge in [0.15, 0.2) is 0 Å². The van der Waals surface area contributed by atoms with Gasteiger partial charge in [0, 0.05) is 19.7 Å². The summed E-state index contributed by atoms with van der Waals surface area (Å²) >= 11 is 0. The van der Waals surface area contributed by atoms with Gasteiger partial charge in [0.05, 0.1) is 19.3 Å². The molecule has 1 unspecified atom stereocenters. The number of methoxy groups -OCH3 is 1. The second kappa shape index (κ2) is 7.81. The lowest BCUT2D eigenvalue weighted by Gasteiger charge is -2.15. The molecule has 0 aliphatic heterocycles. The average molecular weight is 252 g/mol. The van der Waals surface area contributed by atoms with Crippen LogP contribution in [0.1, 0.15) is 25.5 Å². The van der Waals surface area contributed by atoms with Gasteiger partial charge in [0.1, 0.15) is 0 Å². The molecule has 0 aromatic heterocycles. The minimum Gasteiger partial charge on any atom is -0.382 e. The minimum atomic E-state index is -0.0795. The molecule has 0 heterocycles. The molecule has 1 aromatic rings. The average Bonchev–Trinajstić information content (AvgIpc) is 2.34. The zero-order valence-electron chi connectivity index (χ0n) is 11.0. The van der Waals surface area contributed by atoms with Crippen LogP contribution < -0.4 is 10.8 Å². The van der Waals surface area contributed by atoms with Crippen LogP contribution in [-0.2, 0) is 14.4 Å². The number of hydrogen-bond donors (Lipinski definition) is 2. The van der Waals surface area contributed by atoms with Gasteiger partial charge in [-0.1, -0.05) is 12.1 Å². The highest BCUT2D eigenvalue weighted by molar-refractivity contribution is 5.88. The van der Waals surface area contributed by atoms with E-state index in [1.165, 1.54) is 6.92 Å². The Balaban J connectivity index is 2.51. The zero-order chi connectivity index (χ0) is 13.4. The van der Waals surface area contributed by atoms with Gasteiger partial charge in [-0.05, 0) is 24.6 Å². The second-order valence-electron chi connectivity index (χ2n) is 3.99. The van der Waals surface area contributed by atoms with E-state index in [2.05, 4.69) is 10.8 Å². The van der Waals surface area contributed by atoms with Crippen molar-refractivity contribution >= 4 is 11.6 Å². The third-order valence-electron chi connectivity index (χ3n) is 2.36. The smallest absolute Gasteiger partial charge is 0.221 e. The number of rotatable bonds is 7. The Morgan fingerprint density at radius 3 is 2.83 bits per heavy atom. The molecule has 0 aliphatic carbocycles. The van der Waals surface area contributed by atoms with E-state index in [4.69, 9.17) is 9.57 Å². The maximum Gasteiger partial charge on any atom is 0.221 e. The SMILES string of the molecule is COCCONC(C)c1cccc(NC(C)=O)c1. The van der Waals surface area contributed by atoms with Crippen LogP contribution in [0.4, 0.5) is 5.69 Å². The van der Waals surface area contributed by atoms with Gasteiger partial charge in [-0.3, -0.25) is 9.63 Å². The summed E-state index contributed by atoms with van der Waals surface area (Å²) in [5, 5.41) is 2.75. The maximum atomic E-state index is 11.0. The monoisotopic (exact) mass is 252 g/mol. The molecule has 0 spiro atoms. The topological polar surface area (TPSA) is 59.6 Å². The number of anilines is 1. The Morgan fingerprint density at radius 1 is 1.39 bits per heavy atom.